The number of terminal acetylenes is 1. The predicted octanol–water partition coefficient (Wildman–Crippen LogP) is 6.82. The summed E-state index contributed by atoms with van der Waals surface area (Å²) in [5, 5.41) is 10.5. The van der Waals surface area contributed by atoms with Gasteiger partial charge in [0.2, 0.25) is 0 Å². The fourth-order valence-electron chi connectivity index (χ4n) is 8.79. The number of fused-ring (bicyclic) bond motifs is 2. The lowest BCUT2D eigenvalue weighted by Crippen LogP contribution is -2.71. The van der Waals surface area contributed by atoms with Crippen molar-refractivity contribution in [3.63, 3.8) is 0 Å². The van der Waals surface area contributed by atoms with E-state index in [4.69, 9.17) is 38.2 Å². The molecule has 12 heteroatoms. The molecule has 3 aliphatic heterocycles. The van der Waals surface area contributed by atoms with Crippen LogP contribution in [0.2, 0.25) is 5.02 Å². The quantitative estimate of drug-likeness (QED) is 0.182. The van der Waals surface area contributed by atoms with Crippen LogP contribution >= 0.6 is 22.9 Å². The molecule has 3 saturated carbocycles. The van der Waals surface area contributed by atoms with Crippen LogP contribution in [0.15, 0.2) is 24.3 Å². The van der Waals surface area contributed by atoms with Crippen LogP contribution in [-0.2, 0) is 0 Å². The van der Waals surface area contributed by atoms with Crippen LogP contribution in [0.25, 0.3) is 32.1 Å². The van der Waals surface area contributed by atoms with Gasteiger partial charge in [0, 0.05) is 23.0 Å². The van der Waals surface area contributed by atoms with E-state index in [2.05, 4.69) is 33.4 Å². The first-order valence-corrected chi connectivity index (χ1v) is 16.9. The molecule has 2 atom stereocenters. The van der Waals surface area contributed by atoms with E-state index >= 15 is 8.78 Å². The van der Waals surface area contributed by atoms with Gasteiger partial charge in [0.1, 0.15) is 47.5 Å². The minimum absolute atomic E-state index is 0.0281. The lowest BCUT2D eigenvalue weighted by atomic mass is 9.48. The molecule has 3 aliphatic carbocycles. The molecule has 6 aliphatic rings. The molecule has 5 fully saturated rings. The highest BCUT2D eigenvalue weighted by Crippen LogP contribution is 2.63. The Hall–Kier alpha value is -4.16. The van der Waals surface area contributed by atoms with Crippen molar-refractivity contribution >= 4 is 54.7 Å². The summed E-state index contributed by atoms with van der Waals surface area (Å²) in [4.78, 5) is 14.1. The maximum atomic E-state index is 17.3. The molecule has 5 heterocycles. The topological polar surface area (TPSA) is 101 Å². The molecule has 0 amide bonds. The zero-order valence-corrected chi connectivity index (χ0v) is 26.9. The Kier molecular flexibility index (Phi) is 6.13. The minimum Gasteiger partial charge on any atom is -0.488 e. The molecule has 47 heavy (non-hydrogen) atoms. The van der Waals surface area contributed by atoms with E-state index in [-0.39, 0.29) is 71.8 Å². The van der Waals surface area contributed by atoms with Gasteiger partial charge in [-0.25, -0.2) is 8.78 Å². The Labute approximate surface area is 278 Å². The fourth-order valence-corrected chi connectivity index (χ4v) is 10.1. The number of rotatable bonds is 5. The molecule has 2 aromatic carbocycles. The van der Waals surface area contributed by atoms with E-state index in [1.165, 1.54) is 12.1 Å². The lowest BCUT2D eigenvalue weighted by Gasteiger charge is -2.67. The average molecular weight is 671 g/mol. The van der Waals surface area contributed by atoms with Crippen molar-refractivity contribution in [1.82, 2.24) is 14.9 Å². The summed E-state index contributed by atoms with van der Waals surface area (Å²) in [6.45, 7) is 6.43. The minimum atomic E-state index is -0.765. The maximum Gasteiger partial charge on any atom is 0.319 e. The molecule has 0 spiro atoms. The highest BCUT2D eigenvalue weighted by atomic mass is 35.5. The molecule has 4 aromatic rings. The van der Waals surface area contributed by atoms with Crippen molar-refractivity contribution in [2.45, 2.75) is 55.6 Å². The van der Waals surface area contributed by atoms with Gasteiger partial charge in [0.25, 0.3) is 0 Å². The van der Waals surface area contributed by atoms with Crippen molar-refractivity contribution < 1.29 is 18.3 Å². The largest absolute Gasteiger partial charge is 0.488 e. The second-order valence-electron chi connectivity index (χ2n) is 13.7. The van der Waals surface area contributed by atoms with E-state index in [1.807, 2.05) is 0 Å². The Bertz CT molecular complexity index is 2160. The number of anilines is 2. The van der Waals surface area contributed by atoms with Crippen molar-refractivity contribution in [3.05, 3.63) is 46.5 Å². The van der Waals surface area contributed by atoms with Gasteiger partial charge in [-0.05, 0) is 62.6 Å². The monoisotopic (exact) mass is 670 g/mol. The van der Waals surface area contributed by atoms with Crippen molar-refractivity contribution in [2.75, 3.05) is 36.9 Å². The number of nitrogens with zero attached hydrogens (tertiary/aromatic N) is 5. The van der Waals surface area contributed by atoms with E-state index in [1.54, 1.807) is 0 Å². The second-order valence-corrected chi connectivity index (χ2v) is 15.1. The van der Waals surface area contributed by atoms with Gasteiger partial charge in [0.05, 0.1) is 26.2 Å². The molecule has 0 radical (unpaired) electrons. The first kappa shape index (κ1) is 29.0. The first-order chi connectivity index (χ1) is 22.7. The molecule has 2 bridgehead atoms. The van der Waals surface area contributed by atoms with Crippen LogP contribution in [0.5, 0.6) is 11.8 Å². The fraction of sp³-hybridized carbons (Fsp3) is 0.400. The van der Waals surface area contributed by atoms with E-state index in [0.29, 0.717) is 23.7 Å². The first-order valence-electron chi connectivity index (χ1n) is 15.7. The summed E-state index contributed by atoms with van der Waals surface area (Å²) in [5.41, 5.74) is 6.99. The number of nitrogens with two attached hydrogens (primary N) is 1. The summed E-state index contributed by atoms with van der Waals surface area (Å²) in [7, 11) is 0. The number of hydrogen-bond donors (Lipinski definition) is 1. The normalized spacial score (nSPS) is 27.5. The third-order valence-electron chi connectivity index (χ3n) is 11.0. The van der Waals surface area contributed by atoms with Gasteiger partial charge in [-0.2, -0.15) is 15.2 Å². The van der Waals surface area contributed by atoms with Crippen LogP contribution in [0.1, 0.15) is 44.1 Å². The van der Waals surface area contributed by atoms with Crippen molar-refractivity contribution in [2.24, 2.45) is 5.92 Å². The highest BCUT2D eigenvalue weighted by molar-refractivity contribution is 7.23. The third-order valence-corrected chi connectivity index (χ3v) is 12.4. The number of ether oxygens (including phenoxy) is 2. The van der Waals surface area contributed by atoms with Gasteiger partial charge in [-0.1, -0.05) is 35.7 Å². The summed E-state index contributed by atoms with van der Waals surface area (Å²) >= 11 is 8.01. The van der Waals surface area contributed by atoms with Crippen LogP contribution < -0.4 is 20.1 Å². The van der Waals surface area contributed by atoms with Gasteiger partial charge in [-0.15, -0.1) is 17.8 Å². The maximum absolute atomic E-state index is 17.3. The van der Waals surface area contributed by atoms with Crippen molar-refractivity contribution in [3.8, 4) is 41.3 Å². The summed E-state index contributed by atoms with van der Waals surface area (Å²) in [6, 6.07) is 4.20. The number of nitriles is 1. The zero-order valence-electron chi connectivity index (χ0n) is 25.3. The standard InChI is InChI=1S/C35H29ClF2N6O2S/c1-3-19-15-45-29-25-28(27(38)24(26(29)36)20-5-6-22(37)30-23(20)21(13-39)31(40)47-30)41-33(42-32(25)44(19)35-10-18(11-35)12-35)46-16-34-7-4-8-43(34)14-17(2)9-34/h1,5-6,18-19H,2,4,7-12,14-16,40H2/t18?,19?,34-,35?/m0/s1. The predicted molar refractivity (Wildman–Crippen MR) is 178 cm³/mol. The van der Waals surface area contributed by atoms with Crippen LogP contribution in [0.4, 0.5) is 19.6 Å². The number of thiophene rings is 1. The number of benzene rings is 2. The number of nitrogen functional groups attached to an aromatic ring is 1. The molecule has 10 rings (SSSR count). The number of halogens is 3. The number of hydrogen-bond acceptors (Lipinski definition) is 9. The van der Waals surface area contributed by atoms with Gasteiger partial charge >= 0.3 is 6.01 Å². The molecule has 1 unspecified atom stereocenters. The Morgan fingerprint density at radius 3 is 2.79 bits per heavy atom. The molecule has 2 saturated heterocycles. The van der Waals surface area contributed by atoms with Gasteiger partial charge in [-0.3, -0.25) is 4.90 Å². The average Bonchev–Trinajstić information content (AvgIpc) is 3.61. The van der Waals surface area contributed by atoms with Crippen LogP contribution in [0, 0.1) is 41.2 Å². The van der Waals surface area contributed by atoms with Gasteiger partial charge in [0.15, 0.2) is 11.6 Å². The Morgan fingerprint density at radius 2 is 2.06 bits per heavy atom. The molecule has 238 valence electrons. The SMILES string of the molecule is C#CC1COc2c(Cl)c(-c3ccc(F)c4sc(N)c(C#N)c34)c(F)c3nc(OC[C@@]45CCCN4CC(=C)C5)nc(c23)N1C12CC(C1)C2. The molecule has 2 aromatic heterocycles. The summed E-state index contributed by atoms with van der Waals surface area (Å²) in [5.74, 6) is 2.79. The molecule has 2 N–H and O–H groups in total. The van der Waals surface area contributed by atoms with Crippen LogP contribution in [-0.4, -0.2) is 58.3 Å². The van der Waals surface area contributed by atoms with Gasteiger partial charge < -0.3 is 20.1 Å². The number of aromatic nitrogens is 2. The van der Waals surface area contributed by atoms with E-state index in [0.717, 1.165) is 68.5 Å². The third kappa shape index (κ3) is 3.88. The summed E-state index contributed by atoms with van der Waals surface area (Å²) in [6.07, 6.45) is 11.8. The smallest absolute Gasteiger partial charge is 0.319 e. The Balaban J connectivity index is 1.29. The summed E-state index contributed by atoms with van der Waals surface area (Å²) < 4.78 is 45.2. The van der Waals surface area contributed by atoms with Crippen molar-refractivity contribution in [1.29, 1.82) is 5.26 Å². The highest BCUT2D eigenvalue weighted by Gasteiger charge is 2.62. The zero-order chi connectivity index (χ0) is 32.4. The van der Waals surface area contributed by atoms with Crippen LogP contribution in [0.3, 0.4) is 0 Å². The molecular weight excluding hydrogens is 642 g/mol. The van der Waals surface area contributed by atoms with E-state index < -0.39 is 17.7 Å². The van der Waals surface area contributed by atoms with E-state index in [9.17, 15) is 5.26 Å². The Morgan fingerprint density at radius 1 is 1.26 bits per heavy atom. The lowest BCUT2D eigenvalue weighted by molar-refractivity contribution is -0.0301. The second kappa shape index (κ2) is 9.93. The molecular formula is C35H29ClF2N6O2S. The molecule has 8 nitrogen and oxygen atoms in total.